The molecule has 6 aliphatic rings. The van der Waals surface area contributed by atoms with Gasteiger partial charge in [0.05, 0.1) is 11.4 Å². The summed E-state index contributed by atoms with van der Waals surface area (Å²) in [5, 5.41) is 5.53. The standard InChI is InChI=1S/C75H67N3/c1-5-22-50(23-6-1)64-40-54-30-13-17-36-60(54)72-68(64)46-77(47-69-65(51-24-7-2-8-25-51)41-55-31-14-18-37-61(55)73(69)72)44-58-34-21-35-59(76-58)45-78-48-70-66(52-26-9-3-10-27-52)42-56-32-15-19-38-62(56)74(70)75-63-39-20-16-33-57(63)43-67(71(75)49-78)53-28-11-4-12-29-53/h1-13,15,17,19,21-32,34-38,40-41,43,64,66,68,70,74H,14,16,18,20,33,39,42,44-49H2/t64?,66-,68+,70?,74-/m1/s1. The van der Waals surface area contributed by atoms with Gasteiger partial charge < -0.3 is 0 Å². The van der Waals surface area contributed by atoms with E-state index in [-0.39, 0.29) is 11.8 Å². The zero-order valence-corrected chi connectivity index (χ0v) is 44.7. The monoisotopic (exact) mass is 1010 g/mol. The molecule has 5 atom stereocenters. The van der Waals surface area contributed by atoms with Crippen LogP contribution in [0.15, 0.2) is 200 Å². The van der Waals surface area contributed by atoms with Crippen LogP contribution in [-0.2, 0) is 45.4 Å². The number of hydrogen-bond donors (Lipinski definition) is 0. The number of nitrogens with zero attached hydrogens (tertiary/aromatic N) is 3. The fourth-order valence-electron chi connectivity index (χ4n) is 15.6. The van der Waals surface area contributed by atoms with Gasteiger partial charge in [0.1, 0.15) is 0 Å². The van der Waals surface area contributed by atoms with Crippen LogP contribution in [0, 0.1) is 11.8 Å². The second-order valence-electron chi connectivity index (χ2n) is 23.4. The molecular weight excluding hydrogens is 943 g/mol. The van der Waals surface area contributed by atoms with Gasteiger partial charge in [-0.1, -0.05) is 200 Å². The minimum Gasteiger partial charge on any atom is -0.293 e. The minimum atomic E-state index is 0.222. The maximum Gasteiger partial charge on any atom is 0.0548 e. The molecule has 0 radical (unpaired) electrons. The Morgan fingerprint density at radius 1 is 0.487 bits per heavy atom. The predicted octanol–water partition coefficient (Wildman–Crippen LogP) is 13.2. The van der Waals surface area contributed by atoms with E-state index >= 15 is 0 Å². The molecule has 9 aromatic rings. The van der Waals surface area contributed by atoms with Crippen molar-refractivity contribution in [2.45, 2.75) is 88.9 Å². The number of pyridine rings is 1. The van der Waals surface area contributed by atoms with Gasteiger partial charge in [0.15, 0.2) is 0 Å². The van der Waals surface area contributed by atoms with Gasteiger partial charge in [-0.15, -0.1) is 0 Å². The van der Waals surface area contributed by atoms with Crippen LogP contribution in [-0.4, -0.2) is 27.9 Å². The topological polar surface area (TPSA) is 19.4 Å². The molecule has 0 spiro atoms. The lowest BCUT2D eigenvalue weighted by Crippen LogP contribution is -2.42. The molecule has 2 unspecified atom stereocenters. The van der Waals surface area contributed by atoms with Crippen molar-refractivity contribution in [3.05, 3.63) is 288 Å². The first-order valence-corrected chi connectivity index (χ1v) is 29.2. The van der Waals surface area contributed by atoms with Crippen molar-refractivity contribution in [2.24, 2.45) is 11.8 Å². The van der Waals surface area contributed by atoms with Crippen LogP contribution < -0.4 is 20.9 Å². The van der Waals surface area contributed by atoms with Gasteiger partial charge in [-0.25, -0.2) is 0 Å². The minimum absolute atomic E-state index is 0.222. The SMILES string of the molecule is C1=c2ccccc2=C2c3c(c(-c4ccccc4)cc4c3=CCCC=4)CN(Cc3cccc(CN4Cc5c(-c6ccccc6)cc6c(c5[C@@H]5c7ccccc7C[C@H](c7ccccc7)C5C4)CCCC6)n3)C[C@H]2C1c1ccccc1. The molecule has 0 N–H and O–H groups in total. The normalized spacial score (nSPS) is 21.2. The fourth-order valence-corrected chi connectivity index (χ4v) is 15.6. The Balaban J connectivity index is 0.851. The van der Waals surface area contributed by atoms with E-state index in [9.17, 15) is 0 Å². The summed E-state index contributed by atoms with van der Waals surface area (Å²) in [5.41, 5.74) is 24.5. The first-order chi connectivity index (χ1) is 38.7. The quantitative estimate of drug-likeness (QED) is 0.151. The number of hydrogen-bond acceptors (Lipinski definition) is 3. The summed E-state index contributed by atoms with van der Waals surface area (Å²) in [6.45, 7) is 5.24. The second kappa shape index (κ2) is 20.3. The molecule has 3 heterocycles. The molecule has 0 fully saturated rings. The van der Waals surface area contributed by atoms with Crippen molar-refractivity contribution in [3.8, 4) is 22.3 Å². The molecule has 1 aromatic heterocycles. The summed E-state index contributed by atoms with van der Waals surface area (Å²) in [5.74, 6) is 1.58. The van der Waals surface area contributed by atoms with E-state index in [1.165, 1.54) is 101 Å². The third-order valence-electron chi connectivity index (χ3n) is 18.9. The summed E-state index contributed by atoms with van der Waals surface area (Å²) in [6, 6.07) is 76.3. The van der Waals surface area contributed by atoms with Crippen LogP contribution in [0.4, 0.5) is 0 Å². The van der Waals surface area contributed by atoms with Gasteiger partial charge in [-0.2, -0.15) is 0 Å². The summed E-state index contributed by atoms with van der Waals surface area (Å²) >= 11 is 0. The Kier molecular flexibility index (Phi) is 12.3. The lowest BCUT2D eigenvalue weighted by molar-refractivity contribution is 0.189. The summed E-state index contributed by atoms with van der Waals surface area (Å²) in [7, 11) is 0. The van der Waals surface area contributed by atoms with Gasteiger partial charge in [0.2, 0.25) is 0 Å². The molecule has 0 saturated carbocycles. The number of rotatable bonds is 8. The van der Waals surface area contributed by atoms with Crippen molar-refractivity contribution in [1.82, 2.24) is 14.8 Å². The average Bonchev–Trinajstić information content (AvgIpc) is 3.89. The van der Waals surface area contributed by atoms with Crippen molar-refractivity contribution in [1.29, 1.82) is 0 Å². The largest absolute Gasteiger partial charge is 0.293 e. The lowest BCUT2D eigenvalue weighted by atomic mass is 9.62. The second-order valence-corrected chi connectivity index (χ2v) is 23.4. The highest BCUT2D eigenvalue weighted by atomic mass is 15.2. The van der Waals surface area contributed by atoms with Crippen LogP contribution in [0.1, 0.15) is 110 Å². The van der Waals surface area contributed by atoms with Gasteiger partial charge in [0, 0.05) is 57.0 Å². The van der Waals surface area contributed by atoms with E-state index in [0.29, 0.717) is 17.8 Å². The van der Waals surface area contributed by atoms with Crippen LogP contribution in [0.2, 0.25) is 0 Å². The molecule has 3 nitrogen and oxygen atoms in total. The summed E-state index contributed by atoms with van der Waals surface area (Å²) in [4.78, 5) is 11.3. The zero-order valence-electron chi connectivity index (χ0n) is 44.7. The molecule has 382 valence electrons. The number of aryl methyl sites for hydroxylation is 1. The molecule has 8 aromatic carbocycles. The van der Waals surface area contributed by atoms with E-state index < -0.39 is 0 Å². The van der Waals surface area contributed by atoms with E-state index in [4.69, 9.17) is 4.98 Å². The van der Waals surface area contributed by atoms with Crippen LogP contribution in [0.3, 0.4) is 0 Å². The number of aromatic nitrogens is 1. The summed E-state index contributed by atoms with van der Waals surface area (Å²) < 4.78 is 0. The Morgan fingerprint density at radius 2 is 1.12 bits per heavy atom. The molecule has 78 heavy (non-hydrogen) atoms. The molecular formula is C75H67N3. The van der Waals surface area contributed by atoms with Gasteiger partial charge in [-0.3, -0.25) is 14.8 Å². The van der Waals surface area contributed by atoms with Crippen LogP contribution in [0.25, 0.3) is 46.1 Å². The Hall–Kier alpha value is -7.69. The zero-order chi connectivity index (χ0) is 51.5. The van der Waals surface area contributed by atoms with E-state index in [0.717, 1.165) is 76.3 Å². The molecule has 0 bridgehead atoms. The van der Waals surface area contributed by atoms with Crippen molar-refractivity contribution in [3.63, 3.8) is 0 Å². The average molecular weight is 1010 g/mol. The number of fused-ring (bicyclic) bond motifs is 13. The van der Waals surface area contributed by atoms with Gasteiger partial charge >= 0.3 is 0 Å². The summed E-state index contributed by atoms with van der Waals surface area (Å²) in [6.07, 6.45) is 15.7. The fraction of sp³-hybridized carbons (Fsp3) is 0.240. The molecule has 0 saturated heterocycles. The molecule has 3 heteroatoms. The van der Waals surface area contributed by atoms with E-state index in [2.05, 4.69) is 228 Å². The van der Waals surface area contributed by atoms with Crippen LogP contribution in [0.5, 0.6) is 0 Å². The molecule has 0 amide bonds. The first kappa shape index (κ1) is 47.5. The molecule has 4 aliphatic carbocycles. The number of benzene rings is 8. The smallest absolute Gasteiger partial charge is 0.0548 e. The Labute approximate surface area is 460 Å². The van der Waals surface area contributed by atoms with Crippen molar-refractivity contribution >= 4 is 23.8 Å². The first-order valence-electron chi connectivity index (χ1n) is 29.2. The maximum atomic E-state index is 5.76. The van der Waals surface area contributed by atoms with Gasteiger partial charge in [-0.05, 0) is 179 Å². The predicted molar refractivity (Wildman–Crippen MR) is 320 cm³/mol. The van der Waals surface area contributed by atoms with E-state index in [1.807, 2.05) is 0 Å². The van der Waals surface area contributed by atoms with E-state index in [1.54, 1.807) is 22.3 Å². The molecule has 15 rings (SSSR count). The highest BCUT2D eigenvalue weighted by molar-refractivity contribution is 5.82. The van der Waals surface area contributed by atoms with Crippen molar-refractivity contribution < 1.29 is 0 Å². The third kappa shape index (κ3) is 8.55. The third-order valence-corrected chi connectivity index (χ3v) is 18.9. The highest BCUT2D eigenvalue weighted by Gasteiger charge is 2.44. The van der Waals surface area contributed by atoms with Crippen LogP contribution >= 0.6 is 0 Å². The van der Waals surface area contributed by atoms with Gasteiger partial charge in [0.25, 0.3) is 0 Å². The lowest BCUT2D eigenvalue weighted by Gasteiger charge is -2.42. The van der Waals surface area contributed by atoms with Crippen molar-refractivity contribution in [2.75, 3.05) is 13.1 Å². The molecule has 2 aliphatic heterocycles. The Morgan fingerprint density at radius 3 is 1.88 bits per heavy atom. The highest BCUT2D eigenvalue weighted by Crippen LogP contribution is 2.54. The maximum absolute atomic E-state index is 5.76. The Bertz CT molecular complexity index is 4000.